The number of nitrogen functional groups attached to an aromatic ring is 1. The van der Waals surface area contributed by atoms with Gasteiger partial charge in [0.15, 0.2) is 0 Å². The molecule has 2 rings (SSSR count). The van der Waals surface area contributed by atoms with E-state index in [0.717, 1.165) is 12.8 Å². The Morgan fingerprint density at radius 1 is 1.53 bits per heavy atom. The summed E-state index contributed by atoms with van der Waals surface area (Å²) in [6.45, 7) is 0. The Morgan fingerprint density at radius 3 is 2.87 bits per heavy atom. The van der Waals surface area contributed by atoms with Crippen LogP contribution < -0.4 is 11.1 Å². The van der Waals surface area contributed by atoms with Crippen LogP contribution >= 0.6 is 0 Å². The summed E-state index contributed by atoms with van der Waals surface area (Å²) >= 11 is 0. The number of carbonyl (C=O) groups excluding carboxylic acids is 1. The van der Waals surface area contributed by atoms with E-state index in [2.05, 4.69) is 5.32 Å². The van der Waals surface area contributed by atoms with Gasteiger partial charge in [0, 0.05) is 6.04 Å². The molecule has 0 heterocycles. The number of methoxy groups -OCH3 is 1. The fourth-order valence-electron chi connectivity index (χ4n) is 1.44. The van der Waals surface area contributed by atoms with Crippen LogP contribution in [0.2, 0.25) is 0 Å². The second-order valence-electron chi connectivity index (χ2n) is 3.68. The quantitative estimate of drug-likeness (QED) is 0.582. The first kappa shape index (κ1) is 9.83. The number of carbonyl (C=O) groups is 1. The van der Waals surface area contributed by atoms with Crippen molar-refractivity contribution < 1.29 is 9.53 Å². The van der Waals surface area contributed by atoms with Gasteiger partial charge in [-0.3, -0.25) is 0 Å². The van der Waals surface area contributed by atoms with Crippen molar-refractivity contribution in [1.82, 2.24) is 0 Å². The molecular weight excluding hydrogens is 192 g/mol. The van der Waals surface area contributed by atoms with E-state index in [9.17, 15) is 4.79 Å². The second-order valence-corrected chi connectivity index (χ2v) is 3.68. The summed E-state index contributed by atoms with van der Waals surface area (Å²) in [5, 5.41) is 3.24. The Hall–Kier alpha value is -1.71. The number of benzene rings is 1. The summed E-state index contributed by atoms with van der Waals surface area (Å²) in [6, 6.07) is 5.70. The predicted octanol–water partition coefficient (Wildman–Crippen LogP) is 1.63. The molecule has 0 radical (unpaired) electrons. The molecule has 3 N–H and O–H groups in total. The molecule has 4 heteroatoms. The molecular formula is C11H14N2O2. The maximum atomic E-state index is 11.5. The number of hydrogen-bond donors (Lipinski definition) is 2. The first-order valence-corrected chi connectivity index (χ1v) is 4.95. The molecule has 80 valence electrons. The molecule has 0 amide bonds. The molecule has 0 aliphatic heterocycles. The van der Waals surface area contributed by atoms with Gasteiger partial charge >= 0.3 is 5.97 Å². The minimum absolute atomic E-state index is 0.356. The van der Waals surface area contributed by atoms with Gasteiger partial charge in [0.1, 0.15) is 0 Å². The van der Waals surface area contributed by atoms with Gasteiger partial charge in [0.05, 0.1) is 24.0 Å². The van der Waals surface area contributed by atoms with Crippen molar-refractivity contribution in [3.8, 4) is 0 Å². The number of nitrogens with two attached hydrogens (primary N) is 1. The number of esters is 1. The van der Waals surface area contributed by atoms with Crippen LogP contribution in [0.5, 0.6) is 0 Å². The molecule has 4 nitrogen and oxygen atoms in total. The number of nitrogens with one attached hydrogen (secondary N) is 1. The number of ether oxygens (including phenoxy) is 1. The Balaban J connectivity index is 2.33. The Labute approximate surface area is 88.4 Å². The molecule has 0 bridgehead atoms. The van der Waals surface area contributed by atoms with Crippen LogP contribution in [-0.4, -0.2) is 19.1 Å². The molecule has 0 unspecified atom stereocenters. The van der Waals surface area contributed by atoms with Crippen LogP contribution in [0.1, 0.15) is 23.2 Å². The molecule has 0 saturated heterocycles. The van der Waals surface area contributed by atoms with Gasteiger partial charge in [-0.25, -0.2) is 4.79 Å². The van der Waals surface area contributed by atoms with Gasteiger partial charge in [-0.15, -0.1) is 0 Å². The third kappa shape index (κ3) is 2.03. The highest BCUT2D eigenvalue weighted by Crippen LogP contribution is 2.31. The molecule has 1 fully saturated rings. The zero-order chi connectivity index (χ0) is 10.8. The molecule has 1 saturated carbocycles. The van der Waals surface area contributed by atoms with Crippen LogP contribution in [0, 0.1) is 0 Å². The van der Waals surface area contributed by atoms with Gasteiger partial charge in [0.25, 0.3) is 0 Å². The van der Waals surface area contributed by atoms with E-state index in [4.69, 9.17) is 10.5 Å². The van der Waals surface area contributed by atoms with Gasteiger partial charge in [-0.2, -0.15) is 0 Å². The van der Waals surface area contributed by atoms with Crippen molar-refractivity contribution in [2.75, 3.05) is 18.2 Å². The van der Waals surface area contributed by atoms with Crippen molar-refractivity contribution in [2.24, 2.45) is 0 Å². The Kier molecular flexibility index (Phi) is 2.49. The number of hydrogen-bond acceptors (Lipinski definition) is 4. The van der Waals surface area contributed by atoms with Crippen LogP contribution in [0.3, 0.4) is 0 Å². The average molecular weight is 206 g/mol. The molecule has 15 heavy (non-hydrogen) atoms. The van der Waals surface area contributed by atoms with Crippen molar-refractivity contribution >= 4 is 17.3 Å². The minimum Gasteiger partial charge on any atom is -0.465 e. The second kappa shape index (κ2) is 3.81. The largest absolute Gasteiger partial charge is 0.465 e. The van der Waals surface area contributed by atoms with E-state index < -0.39 is 0 Å². The summed E-state index contributed by atoms with van der Waals surface area (Å²) in [6.07, 6.45) is 2.27. The van der Waals surface area contributed by atoms with E-state index in [1.165, 1.54) is 7.11 Å². The zero-order valence-electron chi connectivity index (χ0n) is 8.62. The Morgan fingerprint density at radius 2 is 2.27 bits per heavy atom. The van der Waals surface area contributed by atoms with Crippen molar-refractivity contribution in [1.29, 1.82) is 0 Å². The molecule has 0 aromatic heterocycles. The van der Waals surface area contributed by atoms with Gasteiger partial charge < -0.3 is 15.8 Å². The normalized spacial score (nSPS) is 14.7. The lowest BCUT2D eigenvalue weighted by Gasteiger charge is -2.12. The predicted molar refractivity (Wildman–Crippen MR) is 58.8 cm³/mol. The summed E-state index contributed by atoms with van der Waals surface area (Å²) < 4.78 is 4.70. The highest BCUT2D eigenvalue weighted by atomic mass is 16.5. The lowest BCUT2D eigenvalue weighted by Crippen LogP contribution is -2.11. The van der Waals surface area contributed by atoms with Gasteiger partial charge in [-0.05, 0) is 25.0 Å². The molecule has 0 spiro atoms. The van der Waals surface area contributed by atoms with Crippen molar-refractivity contribution in [3.05, 3.63) is 23.8 Å². The topological polar surface area (TPSA) is 64.3 Å². The molecule has 1 aromatic carbocycles. The highest BCUT2D eigenvalue weighted by molar-refractivity contribution is 5.98. The van der Waals surface area contributed by atoms with E-state index in [-0.39, 0.29) is 5.97 Å². The summed E-state index contributed by atoms with van der Waals surface area (Å²) in [4.78, 5) is 11.5. The van der Waals surface area contributed by atoms with Crippen molar-refractivity contribution in [3.63, 3.8) is 0 Å². The first-order valence-electron chi connectivity index (χ1n) is 4.95. The average Bonchev–Trinajstić information content (AvgIpc) is 3.04. The van der Waals surface area contributed by atoms with E-state index in [1.807, 2.05) is 0 Å². The summed E-state index contributed by atoms with van der Waals surface area (Å²) in [5.74, 6) is -0.356. The van der Waals surface area contributed by atoms with Crippen LogP contribution in [0.4, 0.5) is 11.4 Å². The van der Waals surface area contributed by atoms with E-state index in [0.29, 0.717) is 23.0 Å². The summed E-state index contributed by atoms with van der Waals surface area (Å²) in [7, 11) is 1.37. The standard InChI is InChI=1S/C11H14N2O2/c1-15-11(14)8-3-2-4-9(12)10(8)13-7-5-6-7/h2-4,7,13H,5-6,12H2,1H3. The first-order chi connectivity index (χ1) is 7.22. The molecule has 1 aromatic rings. The van der Waals surface area contributed by atoms with Crippen LogP contribution in [0.25, 0.3) is 0 Å². The fourth-order valence-corrected chi connectivity index (χ4v) is 1.44. The number of anilines is 2. The van der Waals surface area contributed by atoms with Crippen LogP contribution in [-0.2, 0) is 4.74 Å². The highest BCUT2D eigenvalue weighted by Gasteiger charge is 2.24. The monoisotopic (exact) mass is 206 g/mol. The lowest BCUT2D eigenvalue weighted by molar-refractivity contribution is 0.0602. The maximum Gasteiger partial charge on any atom is 0.340 e. The lowest BCUT2D eigenvalue weighted by atomic mass is 10.1. The number of para-hydroxylation sites is 1. The van der Waals surface area contributed by atoms with E-state index in [1.54, 1.807) is 18.2 Å². The molecule has 1 aliphatic rings. The maximum absolute atomic E-state index is 11.5. The van der Waals surface area contributed by atoms with E-state index >= 15 is 0 Å². The van der Waals surface area contributed by atoms with Crippen molar-refractivity contribution in [2.45, 2.75) is 18.9 Å². The number of rotatable bonds is 3. The third-order valence-electron chi connectivity index (χ3n) is 2.43. The van der Waals surface area contributed by atoms with Gasteiger partial charge in [0.2, 0.25) is 0 Å². The fraction of sp³-hybridized carbons (Fsp3) is 0.364. The smallest absolute Gasteiger partial charge is 0.340 e. The molecule has 1 aliphatic carbocycles. The summed E-state index contributed by atoms with van der Waals surface area (Å²) in [5.41, 5.74) is 7.61. The van der Waals surface area contributed by atoms with Gasteiger partial charge in [-0.1, -0.05) is 6.07 Å². The molecule has 0 atom stereocenters. The Bertz CT molecular complexity index is 386. The third-order valence-corrected chi connectivity index (χ3v) is 2.43. The zero-order valence-corrected chi connectivity index (χ0v) is 8.62. The SMILES string of the molecule is COC(=O)c1cccc(N)c1NC1CC1. The van der Waals surface area contributed by atoms with Crippen LogP contribution in [0.15, 0.2) is 18.2 Å². The minimum atomic E-state index is -0.356.